The zero-order chi connectivity index (χ0) is 12.3. The van der Waals surface area contributed by atoms with Crippen LogP contribution in [0.4, 0.5) is 4.79 Å². The molecule has 0 aromatic rings. The quantitative estimate of drug-likeness (QED) is 0.289. The number of carbonyl (C=O) groups excluding carboxylic acids is 1. The Morgan fingerprint density at radius 1 is 1.29 bits per heavy atom. The number of amides is 2. The van der Waals surface area contributed by atoms with Crippen LogP contribution in [-0.2, 0) is 0 Å². The molecule has 0 aromatic carbocycles. The number of hydrogen-bond donors (Lipinski definition) is 3. The average Bonchev–Trinajstić information content (AvgIpc) is 2.97. The van der Waals surface area contributed by atoms with Gasteiger partial charge in [-0.15, -0.1) is 0 Å². The molecule has 4 N–H and O–H groups in total. The number of carbonyl (C=O) groups is 1. The summed E-state index contributed by atoms with van der Waals surface area (Å²) in [6, 6.07) is -0.0246. The predicted molar refractivity (Wildman–Crippen MR) is 63.9 cm³/mol. The van der Waals surface area contributed by atoms with Crippen molar-refractivity contribution in [3.63, 3.8) is 0 Å². The molecule has 6 nitrogen and oxygen atoms in total. The molecule has 2 aliphatic rings. The number of nitrogens with zero attached hydrogens (tertiary/aromatic N) is 2. The molecule has 1 atom stereocenters. The van der Waals surface area contributed by atoms with Crippen LogP contribution in [0.3, 0.4) is 0 Å². The van der Waals surface area contributed by atoms with Crippen LogP contribution in [0.5, 0.6) is 0 Å². The molecule has 1 heterocycles. The van der Waals surface area contributed by atoms with Crippen LogP contribution in [0.2, 0.25) is 0 Å². The van der Waals surface area contributed by atoms with E-state index in [4.69, 9.17) is 10.9 Å². The fourth-order valence-electron chi connectivity index (χ4n) is 2.71. The first-order valence-corrected chi connectivity index (χ1v) is 6.27. The summed E-state index contributed by atoms with van der Waals surface area (Å²) in [5, 5.41) is 14.7. The monoisotopic (exact) mass is 240 g/mol. The number of likely N-dealkylation sites (tertiary alicyclic amines) is 1. The van der Waals surface area contributed by atoms with Gasteiger partial charge < -0.3 is 21.2 Å². The standard InChI is InChI=1S/C11H20N4O2/c12-10(14-17)9-6-3-7-15(9)11(16)13-8-4-1-2-5-8/h8-9,17H,1-7H2,(H2,12,14)(H,13,16). The van der Waals surface area contributed by atoms with Crippen molar-refractivity contribution in [3.8, 4) is 0 Å². The van der Waals surface area contributed by atoms with E-state index < -0.39 is 0 Å². The summed E-state index contributed by atoms with van der Waals surface area (Å²) in [5.74, 6) is 0.129. The lowest BCUT2D eigenvalue weighted by Crippen LogP contribution is -2.50. The maximum atomic E-state index is 12.1. The lowest BCUT2D eigenvalue weighted by Gasteiger charge is -2.25. The third kappa shape index (κ3) is 2.62. The molecule has 2 fully saturated rings. The zero-order valence-corrected chi connectivity index (χ0v) is 9.93. The van der Waals surface area contributed by atoms with Gasteiger partial charge in [0, 0.05) is 12.6 Å². The Bertz CT molecular complexity index is 313. The SMILES string of the molecule is NC(=NO)C1CCCN1C(=O)NC1CCCC1. The highest BCUT2D eigenvalue weighted by Gasteiger charge is 2.33. The average molecular weight is 240 g/mol. The molecule has 1 unspecified atom stereocenters. The second-order valence-corrected chi connectivity index (χ2v) is 4.81. The second kappa shape index (κ2) is 5.25. The van der Waals surface area contributed by atoms with E-state index in [0.29, 0.717) is 12.6 Å². The van der Waals surface area contributed by atoms with Gasteiger partial charge in [-0.05, 0) is 25.7 Å². The van der Waals surface area contributed by atoms with Gasteiger partial charge in [-0.3, -0.25) is 0 Å². The molecule has 1 saturated heterocycles. The summed E-state index contributed by atoms with van der Waals surface area (Å²) in [5.41, 5.74) is 5.59. The number of oxime groups is 1. The highest BCUT2D eigenvalue weighted by molar-refractivity contribution is 5.90. The summed E-state index contributed by atoms with van der Waals surface area (Å²) in [6.07, 6.45) is 6.18. The Balaban J connectivity index is 1.93. The van der Waals surface area contributed by atoms with Gasteiger partial charge in [0.1, 0.15) is 0 Å². The zero-order valence-electron chi connectivity index (χ0n) is 9.93. The van der Waals surface area contributed by atoms with E-state index in [2.05, 4.69) is 10.5 Å². The van der Waals surface area contributed by atoms with Crippen LogP contribution in [-0.4, -0.2) is 40.6 Å². The van der Waals surface area contributed by atoms with Crippen LogP contribution in [0.15, 0.2) is 5.16 Å². The number of rotatable bonds is 2. The van der Waals surface area contributed by atoms with Gasteiger partial charge in [0.25, 0.3) is 0 Å². The van der Waals surface area contributed by atoms with Crippen LogP contribution in [0.1, 0.15) is 38.5 Å². The Morgan fingerprint density at radius 3 is 2.65 bits per heavy atom. The molecule has 96 valence electrons. The van der Waals surface area contributed by atoms with Crippen molar-refractivity contribution in [1.29, 1.82) is 0 Å². The number of nitrogens with one attached hydrogen (secondary N) is 1. The van der Waals surface area contributed by atoms with Crippen molar-refractivity contribution in [2.24, 2.45) is 10.9 Å². The van der Waals surface area contributed by atoms with Gasteiger partial charge in [-0.1, -0.05) is 18.0 Å². The van der Waals surface area contributed by atoms with E-state index in [-0.39, 0.29) is 17.9 Å². The third-order valence-electron chi connectivity index (χ3n) is 3.65. The van der Waals surface area contributed by atoms with E-state index >= 15 is 0 Å². The number of nitrogens with two attached hydrogens (primary N) is 1. The Hall–Kier alpha value is -1.46. The maximum absolute atomic E-state index is 12.1. The third-order valence-corrected chi connectivity index (χ3v) is 3.65. The predicted octanol–water partition coefficient (Wildman–Crippen LogP) is 0.849. The molecule has 2 amide bonds. The molecular weight excluding hydrogens is 220 g/mol. The maximum Gasteiger partial charge on any atom is 0.318 e. The molecule has 1 saturated carbocycles. The topological polar surface area (TPSA) is 91.0 Å². The van der Waals surface area contributed by atoms with Crippen molar-refractivity contribution < 1.29 is 10.0 Å². The minimum absolute atomic E-state index is 0.0778. The Morgan fingerprint density at radius 2 is 2.00 bits per heavy atom. The van der Waals surface area contributed by atoms with Gasteiger partial charge in [-0.2, -0.15) is 0 Å². The largest absolute Gasteiger partial charge is 0.409 e. The van der Waals surface area contributed by atoms with Crippen molar-refractivity contribution in [3.05, 3.63) is 0 Å². The van der Waals surface area contributed by atoms with Gasteiger partial charge in [0.05, 0.1) is 6.04 Å². The molecule has 0 aromatic heterocycles. The van der Waals surface area contributed by atoms with Gasteiger partial charge in [-0.25, -0.2) is 4.79 Å². The summed E-state index contributed by atoms with van der Waals surface area (Å²) in [6.45, 7) is 0.680. The number of amidine groups is 1. The lowest BCUT2D eigenvalue weighted by atomic mass is 10.2. The molecule has 1 aliphatic heterocycles. The molecule has 1 aliphatic carbocycles. The Labute approximate surface area is 101 Å². The number of urea groups is 1. The van der Waals surface area contributed by atoms with Gasteiger partial charge in [0.2, 0.25) is 0 Å². The molecule has 0 bridgehead atoms. The van der Waals surface area contributed by atoms with Crippen molar-refractivity contribution >= 4 is 11.9 Å². The van der Waals surface area contributed by atoms with Crippen LogP contribution < -0.4 is 11.1 Å². The van der Waals surface area contributed by atoms with E-state index in [9.17, 15) is 4.79 Å². The van der Waals surface area contributed by atoms with E-state index in [1.807, 2.05) is 0 Å². The highest BCUT2D eigenvalue weighted by Crippen LogP contribution is 2.21. The normalized spacial score (nSPS) is 26.5. The van der Waals surface area contributed by atoms with Gasteiger partial charge in [0.15, 0.2) is 5.84 Å². The minimum Gasteiger partial charge on any atom is -0.409 e. The summed E-state index contributed by atoms with van der Waals surface area (Å²) < 4.78 is 0. The van der Waals surface area contributed by atoms with E-state index in [1.54, 1.807) is 4.90 Å². The Kier molecular flexibility index (Phi) is 3.71. The molecule has 6 heteroatoms. The van der Waals surface area contributed by atoms with Crippen molar-refractivity contribution in [1.82, 2.24) is 10.2 Å². The number of hydrogen-bond acceptors (Lipinski definition) is 3. The highest BCUT2D eigenvalue weighted by atomic mass is 16.4. The van der Waals surface area contributed by atoms with Crippen LogP contribution >= 0.6 is 0 Å². The van der Waals surface area contributed by atoms with Gasteiger partial charge >= 0.3 is 6.03 Å². The van der Waals surface area contributed by atoms with E-state index in [0.717, 1.165) is 25.7 Å². The molecular formula is C11H20N4O2. The first kappa shape index (κ1) is 12.0. The summed E-state index contributed by atoms with van der Waals surface area (Å²) in [4.78, 5) is 13.7. The first-order valence-electron chi connectivity index (χ1n) is 6.27. The van der Waals surface area contributed by atoms with E-state index in [1.165, 1.54) is 12.8 Å². The second-order valence-electron chi connectivity index (χ2n) is 4.81. The smallest absolute Gasteiger partial charge is 0.318 e. The summed E-state index contributed by atoms with van der Waals surface area (Å²) >= 11 is 0. The minimum atomic E-state index is -0.249. The summed E-state index contributed by atoms with van der Waals surface area (Å²) in [7, 11) is 0. The molecule has 0 spiro atoms. The molecule has 2 rings (SSSR count). The van der Waals surface area contributed by atoms with Crippen LogP contribution in [0, 0.1) is 0 Å². The lowest BCUT2D eigenvalue weighted by molar-refractivity contribution is 0.197. The van der Waals surface area contributed by atoms with Crippen molar-refractivity contribution in [2.45, 2.75) is 50.6 Å². The van der Waals surface area contributed by atoms with Crippen molar-refractivity contribution in [2.75, 3.05) is 6.54 Å². The fourth-order valence-corrected chi connectivity index (χ4v) is 2.71. The molecule has 17 heavy (non-hydrogen) atoms. The fraction of sp³-hybridized carbons (Fsp3) is 0.818. The molecule has 0 radical (unpaired) electrons. The van der Waals surface area contributed by atoms with Crippen LogP contribution in [0.25, 0.3) is 0 Å². The first-order chi connectivity index (χ1) is 8.22.